The first-order chi connectivity index (χ1) is 10.7. The number of imidazole rings is 1. The van der Waals surface area contributed by atoms with Gasteiger partial charge in [0.2, 0.25) is 0 Å². The van der Waals surface area contributed by atoms with Gasteiger partial charge in [0.25, 0.3) is 0 Å². The fraction of sp³-hybridized carbons (Fsp3) is 0.500. The summed E-state index contributed by atoms with van der Waals surface area (Å²) in [6, 6.07) is 5.87. The van der Waals surface area contributed by atoms with Crippen molar-refractivity contribution in [3.8, 4) is 5.75 Å². The number of benzene rings is 1. The first-order valence-corrected chi connectivity index (χ1v) is 7.70. The van der Waals surface area contributed by atoms with Crippen LogP contribution >= 0.6 is 0 Å². The standard InChI is InChI=1S/C16H23N5O/c1-21-14-7-6-12(22-2)8-13(14)20-15(21)10-19-16(17)18-9-11-4-3-5-11/h6-8,11H,3-5,9-10H2,1-2H3,(H3,17,18,19). The molecule has 2 aromatic rings. The third kappa shape index (κ3) is 3.00. The zero-order valence-corrected chi connectivity index (χ0v) is 13.2. The van der Waals surface area contributed by atoms with Crippen LogP contribution < -0.4 is 15.8 Å². The Morgan fingerprint density at radius 2 is 2.32 bits per heavy atom. The summed E-state index contributed by atoms with van der Waals surface area (Å²) < 4.78 is 7.27. The zero-order chi connectivity index (χ0) is 15.5. The molecule has 0 aliphatic heterocycles. The molecular formula is C16H23N5O. The molecule has 1 aliphatic rings. The van der Waals surface area contributed by atoms with Gasteiger partial charge in [-0.2, -0.15) is 0 Å². The Kier molecular flexibility index (Phi) is 4.18. The zero-order valence-electron chi connectivity index (χ0n) is 13.2. The number of guanidine groups is 1. The molecule has 118 valence electrons. The molecule has 6 nitrogen and oxygen atoms in total. The van der Waals surface area contributed by atoms with E-state index in [1.807, 2.05) is 29.8 Å². The molecule has 1 heterocycles. The van der Waals surface area contributed by atoms with Gasteiger partial charge >= 0.3 is 0 Å². The molecule has 0 radical (unpaired) electrons. The number of hydrogen-bond donors (Lipinski definition) is 2. The lowest BCUT2D eigenvalue weighted by Gasteiger charge is -2.25. The van der Waals surface area contributed by atoms with Gasteiger partial charge in [0.1, 0.15) is 18.1 Å². The molecule has 1 saturated carbocycles. The van der Waals surface area contributed by atoms with Gasteiger partial charge in [-0.25, -0.2) is 9.98 Å². The Morgan fingerprint density at radius 3 is 3.00 bits per heavy atom. The molecule has 0 amide bonds. The van der Waals surface area contributed by atoms with E-state index in [0.29, 0.717) is 12.5 Å². The van der Waals surface area contributed by atoms with E-state index in [1.165, 1.54) is 19.3 Å². The second kappa shape index (κ2) is 6.25. The van der Waals surface area contributed by atoms with E-state index in [-0.39, 0.29) is 0 Å². The summed E-state index contributed by atoms with van der Waals surface area (Å²) in [6.07, 6.45) is 3.94. The van der Waals surface area contributed by atoms with E-state index in [1.54, 1.807) is 7.11 Å². The molecule has 3 N–H and O–H groups in total. The lowest BCUT2D eigenvalue weighted by molar-refractivity contribution is 0.315. The van der Waals surface area contributed by atoms with Crippen LogP contribution in [0, 0.1) is 5.92 Å². The van der Waals surface area contributed by atoms with Crippen molar-refractivity contribution in [2.75, 3.05) is 13.7 Å². The quantitative estimate of drug-likeness (QED) is 0.652. The van der Waals surface area contributed by atoms with Crippen LogP contribution in [0.5, 0.6) is 5.75 Å². The molecule has 0 spiro atoms. The average molecular weight is 301 g/mol. The molecule has 1 fully saturated rings. The monoisotopic (exact) mass is 301 g/mol. The van der Waals surface area contributed by atoms with Crippen LogP contribution in [0.25, 0.3) is 11.0 Å². The topological polar surface area (TPSA) is 77.5 Å². The van der Waals surface area contributed by atoms with Gasteiger partial charge in [-0.1, -0.05) is 6.42 Å². The van der Waals surface area contributed by atoms with Crippen LogP contribution in [0.2, 0.25) is 0 Å². The highest BCUT2D eigenvalue weighted by Gasteiger charge is 2.16. The Balaban J connectivity index is 1.68. The number of aryl methyl sites for hydroxylation is 1. The number of ether oxygens (including phenoxy) is 1. The molecule has 0 atom stereocenters. The third-order valence-corrected chi connectivity index (χ3v) is 4.37. The van der Waals surface area contributed by atoms with E-state index in [4.69, 9.17) is 10.5 Å². The first-order valence-electron chi connectivity index (χ1n) is 7.70. The molecular weight excluding hydrogens is 278 g/mol. The average Bonchev–Trinajstić information content (AvgIpc) is 2.79. The largest absolute Gasteiger partial charge is 0.497 e. The highest BCUT2D eigenvalue weighted by atomic mass is 16.5. The van der Waals surface area contributed by atoms with Crippen LogP contribution in [0.15, 0.2) is 23.2 Å². The third-order valence-electron chi connectivity index (χ3n) is 4.37. The summed E-state index contributed by atoms with van der Waals surface area (Å²) in [5.74, 6) is 2.95. The number of aliphatic imine (C=N–C) groups is 1. The molecule has 22 heavy (non-hydrogen) atoms. The van der Waals surface area contributed by atoms with Crippen molar-refractivity contribution in [2.45, 2.75) is 25.8 Å². The van der Waals surface area contributed by atoms with Gasteiger partial charge in [0.05, 0.1) is 18.1 Å². The molecule has 1 aromatic carbocycles. The summed E-state index contributed by atoms with van der Waals surface area (Å²) in [7, 11) is 3.65. The Labute approximate surface area is 130 Å². The predicted molar refractivity (Wildman–Crippen MR) is 87.9 cm³/mol. The molecule has 1 aromatic heterocycles. The summed E-state index contributed by atoms with van der Waals surface area (Å²) in [6.45, 7) is 1.39. The second-order valence-electron chi connectivity index (χ2n) is 5.82. The van der Waals surface area contributed by atoms with Gasteiger partial charge < -0.3 is 20.4 Å². The van der Waals surface area contributed by atoms with Gasteiger partial charge in [-0.05, 0) is 30.9 Å². The van der Waals surface area contributed by atoms with Crippen molar-refractivity contribution in [3.05, 3.63) is 24.0 Å². The molecule has 1 aliphatic carbocycles. The van der Waals surface area contributed by atoms with Crippen molar-refractivity contribution in [1.82, 2.24) is 14.9 Å². The van der Waals surface area contributed by atoms with Crippen LogP contribution in [0.4, 0.5) is 0 Å². The smallest absolute Gasteiger partial charge is 0.189 e. The molecule has 0 saturated heterocycles. The summed E-state index contributed by atoms with van der Waals surface area (Å²) in [5, 5.41) is 3.20. The predicted octanol–water partition coefficient (Wildman–Crippen LogP) is 1.79. The van der Waals surface area contributed by atoms with Crippen molar-refractivity contribution in [2.24, 2.45) is 23.7 Å². The number of hydrogen-bond acceptors (Lipinski definition) is 3. The first kappa shape index (κ1) is 14.7. The summed E-state index contributed by atoms with van der Waals surface area (Å²) in [5.41, 5.74) is 7.89. The second-order valence-corrected chi connectivity index (χ2v) is 5.82. The minimum Gasteiger partial charge on any atom is -0.497 e. The number of nitrogens with zero attached hydrogens (tertiary/aromatic N) is 3. The highest BCUT2D eigenvalue weighted by Crippen LogP contribution is 2.25. The van der Waals surface area contributed by atoms with Crippen LogP contribution in [0.1, 0.15) is 25.1 Å². The van der Waals surface area contributed by atoms with Crippen molar-refractivity contribution >= 4 is 17.0 Å². The van der Waals surface area contributed by atoms with Crippen LogP contribution in [0.3, 0.4) is 0 Å². The maximum absolute atomic E-state index is 5.92. The Hall–Kier alpha value is -2.24. The number of nitrogens with one attached hydrogen (secondary N) is 1. The van der Waals surface area contributed by atoms with E-state index in [0.717, 1.165) is 35.1 Å². The number of nitrogens with two attached hydrogens (primary N) is 1. The van der Waals surface area contributed by atoms with Crippen molar-refractivity contribution in [1.29, 1.82) is 0 Å². The SMILES string of the molecule is COc1ccc2c(c1)nc(CN=C(N)NCC1CCC1)n2C. The van der Waals surface area contributed by atoms with Gasteiger partial charge in [0, 0.05) is 19.7 Å². The number of rotatable bonds is 5. The molecule has 0 bridgehead atoms. The van der Waals surface area contributed by atoms with E-state index in [2.05, 4.69) is 15.3 Å². The van der Waals surface area contributed by atoms with Crippen molar-refractivity contribution in [3.63, 3.8) is 0 Å². The maximum Gasteiger partial charge on any atom is 0.189 e. The lowest BCUT2D eigenvalue weighted by Crippen LogP contribution is -2.37. The minimum atomic E-state index is 0.469. The number of aromatic nitrogens is 2. The van der Waals surface area contributed by atoms with E-state index in [9.17, 15) is 0 Å². The minimum absolute atomic E-state index is 0.469. The van der Waals surface area contributed by atoms with E-state index < -0.39 is 0 Å². The Bertz CT molecular complexity index is 687. The summed E-state index contributed by atoms with van der Waals surface area (Å²) >= 11 is 0. The molecule has 6 heteroatoms. The fourth-order valence-electron chi connectivity index (χ4n) is 2.66. The number of fused-ring (bicyclic) bond motifs is 1. The maximum atomic E-state index is 5.92. The van der Waals surface area contributed by atoms with Crippen LogP contribution in [-0.2, 0) is 13.6 Å². The van der Waals surface area contributed by atoms with Gasteiger partial charge in [0.15, 0.2) is 5.96 Å². The highest BCUT2D eigenvalue weighted by molar-refractivity contribution is 5.79. The van der Waals surface area contributed by atoms with Crippen molar-refractivity contribution < 1.29 is 4.74 Å². The van der Waals surface area contributed by atoms with Gasteiger partial charge in [-0.15, -0.1) is 0 Å². The molecule has 0 unspecified atom stereocenters. The summed E-state index contributed by atoms with van der Waals surface area (Å²) in [4.78, 5) is 9.00. The number of methoxy groups -OCH3 is 1. The van der Waals surface area contributed by atoms with Gasteiger partial charge in [-0.3, -0.25) is 0 Å². The lowest BCUT2D eigenvalue weighted by atomic mass is 9.85. The Morgan fingerprint density at radius 1 is 1.50 bits per heavy atom. The van der Waals surface area contributed by atoms with Crippen LogP contribution in [-0.4, -0.2) is 29.2 Å². The fourth-order valence-corrected chi connectivity index (χ4v) is 2.66. The molecule has 3 rings (SSSR count). The van der Waals surface area contributed by atoms with E-state index >= 15 is 0 Å². The normalized spacial score (nSPS) is 15.8.